The highest BCUT2D eigenvalue weighted by Crippen LogP contribution is 2.63. The highest BCUT2D eigenvalue weighted by molar-refractivity contribution is 5.25. The van der Waals surface area contributed by atoms with E-state index in [-0.39, 0.29) is 11.1 Å². The van der Waals surface area contributed by atoms with E-state index >= 15 is 0 Å². The first-order valence-corrected chi connectivity index (χ1v) is 6.93. The van der Waals surface area contributed by atoms with E-state index in [2.05, 4.69) is 38.0 Å². The van der Waals surface area contributed by atoms with Gasteiger partial charge in [0.15, 0.2) is 0 Å². The number of rotatable bonds is 2. The molecule has 0 aromatic carbocycles. The van der Waals surface area contributed by atoms with Crippen molar-refractivity contribution in [1.82, 2.24) is 9.80 Å². The lowest BCUT2D eigenvalue weighted by molar-refractivity contribution is -0.257. The Balaban J connectivity index is 2.09. The molecule has 104 valence electrons. The van der Waals surface area contributed by atoms with Crippen molar-refractivity contribution < 1.29 is 10.2 Å². The summed E-state index contributed by atoms with van der Waals surface area (Å²) < 4.78 is 0. The van der Waals surface area contributed by atoms with Crippen LogP contribution in [-0.2, 0) is 0 Å². The van der Waals surface area contributed by atoms with E-state index in [4.69, 9.17) is 0 Å². The van der Waals surface area contributed by atoms with Gasteiger partial charge in [-0.15, -0.1) is 0 Å². The van der Waals surface area contributed by atoms with Crippen molar-refractivity contribution >= 4 is 0 Å². The van der Waals surface area contributed by atoms with Gasteiger partial charge in [0.2, 0.25) is 0 Å². The minimum atomic E-state index is -0.683. The van der Waals surface area contributed by atoms with Crippen LogP contribution >= 0.6 is 0 Å². The van der Waals surface area contributed by atoms with Gasteiger partial charge in [-0.3, -0.25) is 0 Å². The van der Waals surface area contributed by atoms with Crippen LogP contribution in [0, 0.1) is 0 Å². The zero-order valence-electron chi connectivity index (χ0n) is 12.0. The van der Waals surface area contributed by atoms with Crippen molar-refractivity contribution in [2.24, 2.45) is 0 Å². The van der Waals surface area contributed by atoms with Crippen LogP contribution in [-0.4, -0.2) is 70.5 Å². The molecule has 0 atom stereocenters. The van der Waals surface area contributed by atoms with Crippen LogP contribution in [0.25, 0.3) is 0 Å². The Morgan fingerprint density at radius 2 is 0.944 bits per heavy atom. The largest absolute Gasteiger partial charge is 0.390 e. The zero-order chi connectivity index (χ0) is 13.4. The lowest BCUT2D eigenvalue weighted by atomic mass is 9.46. The summed E-state index contributed by atoms with van der Waals surface area (Å²) in [6, 6.07) is 0. The van der Waals surface area contributed by atoms with Crippen molar-refractivity contribution in [1.29, 1.82) is 0 Å². The predicted octanol–water partition coefficient (Wildman–Crippen LogP) is 0.431. The summed E-state index contributed by atoms with van der Waals surface area (Å²) in [7, 11) is 8.35. The molecule has 18 heavy (non-hydrogen) atoms. The average molecular weight is 254 g/mol. The summed E-state index contributed by atoms with van der Waals surface area (Å²) in [6.07, 6.45) is 4.86. The van der Waals surface area contributed by atoms with Crippen molar-refractivity contribution in [2.45, 2.75) is 60.8 Å². The summed E-state index contributed by atoms with van der Waals surface area (Å²) in [6.45, 7) is 0. The van der Waals surface area contributed by atoms with Gasteiger partial charge in [-0.1, -0.05) is 0 Å². The van der Waals surface area contributed by atoms with Gasteiger partial charge in [-0.2, -0.15) is 0 Å². The maximum Gasteiger partial charge on any atom is 0.0710 e. The van der Waals surface area contributed by atoms with Crippen LogP contribution in [0.4, 0.5) is 0 Å². The lowest BCUT2D eigenvalue weighted by Gasteiger charge is -2.70. The van der Waals surface area contributed by atoms with E-state index in [0.29, 0.717) is 6.42 Å². The Kier molecular flexibility index (Phi) is 2.35. The lowest BCUT2D eigenvalue weighted by Crippen LogP contribution is -2.77. The molecule has 2 N–H and O–H groups in total. The molecule has 4 nitrogen and oxygen atoms in total. The van der Waals surface area contributed by atoms with Gasteiger partial charge in [0.1, 0.15) is 0 Å². The van der Waals surface area contributed by atoms with Crippen molar-refractivity contribution in [3.8, 4) is 0 Å². The molecule has 4 bridgehead atoms. The third-order valence-electron chi connectivity index (χ3n) is 5.85. The molecule has 0 heterocycles. The van der Waals surface area contributed by atoms with Crippen LogP contribution in [0.5, 0.6) is 0 Å². The molecule has 0 aromatic heterocycles. The standard InChI is InChI=1S/C14H26N2O2/c1-15(2)11-5-12(16(3)4)8-13(17,6-11)10-14(18,7-11)9-12/h17-18H,5-10H2,1-4H3. The number of aliphatic hydroxyl groups is 2. The highest BCUT2D eigenvalue weighted by Gasteiger charge is 2.69. The summed E-state index contributed by atoms with van der Waals surface area (Å²) in [5.41, 5.74) is -1.44. The summed E-state index contributed by atoms with van der Waals surface area (Å²) in [5.74, 6) is 0. The van der Waals surface area contributed by atoms with Gasteiger partial charge >= 0.3 is 0 Å². The van der Waals surface area contributed by atoms with Crippen LogP contribution in [0.1, 0.15) is 38.5 Å². The minimum Gasteiger partial charge on any atom is -0.390 e. The zero-order valence-corrected chi connectivity index (χ0v) is 12.0. The fraction of sp³-hybridized carbons (Fsp3) is 1.00. The van der Waals surface area contributed by atoms with Crippen molar-refractivity contribution in [3.63, 3.8) is 0 Å². The smallest absolute Gasteiger partial charge is 0.0710 e. The van der Waals surface area contributed by atoms with E-state index in [1.807, 2.05) is 0 Å². The van der Waals surface area contributed by atoms with Gasteiger partial charge in [-0.25, -0.2) is 0 Å². The van der Waals surface area contributed by atoms with E-state index in [9.17, 15) is 10.2 Å². The van der Waals surface area contributed by atoms with Crippen molar-refractivity contribution in [3.05, 3.63) is 0 Å². The molecule has 4 aliphatic carbocycles. The Bertz CT molecular complexity index is 332. The third-order valence-corrected chi connectivity index (χ3v) is 5.85. The van der Waals surface area contributed by atoms with Crippen LogP contribution in [0.2, 0.25) is 0 Å². The van der Waals surface area contributed by atoms with Gasteiger partial charge in [0, 0.05) is 17.5 Å². The van der Waals surface area contributed by atoms with E-state index in [1.165, 1.54) is 0 Å². The van der Waals surface area contributed by atoms with Gasteiger partial charge in [0.25, 0.3) is 0 Å². The first-order valence-electron chi connectivity index (χ1n) is 6.93. The molecule has 0 aliphatic heterocycles. The van der Waals surface area contributed by atoms with Gasteiger partial charge in [-0.05, 0) is 60.3 Å². The molecule has 4 fully saturated rings. The Morgan fingerprint density at radius 1 is 0.611 bits per heavy atom. The second-order valence-electron chi connectivity index (χ2n) is 7.75. The molecule has 4 rings (SSSR count). The predicted molar refractivity (Wildman–Crippen MR) is 70.4 cm³/mol. The second kappa shape index (κ2) is 3.29. The first-order chi connectivity index (χ1) is 8.13. The molecule has 4 saturated carbocycles. The Hall–Kier alpha value is -0.160. The number of nitrogens with zero attached hydrogens (tertiary/aromatic N) is 2. The summed E-state index contributed by atoms with van der Waals surface area (Å²) in [5, 5.41) is 21.8. The number of hydrogen-bond donors (Lipinski definition) is 2. The molecule has 0 radical (unpaired) electrons. The molecular formula is C14H26N2O2. The third kappa shape index (κ3) is 1.52. The Labute approximate surface area is 110 Å². The van der Waals surface area contributed by atoms with Crippen molar-refractivity contribution in [2.75, 3.05) is 28.2 Å². The fourth-order valence-corrected chi connectivity index (χ4v) is 5.37. The molecule has 0 unspecified atom stereocenters. The molecule has 0 amide bonds. The average Bonchev–Trinajstić information content (AvgIpc) is 2.10. The number of hydrogen-bond acceptors (Lipinski definition) is 4. The summed E-state index contributed by atoms with van der Waals surface area (Å²) in [4.78, 5) is 4.47. The maximum atomic E-state index is 10.9. The van der Waals surface area contributed by atoms with Gasteiger partial charge in [0.05, 0.1) is 11.2 Å². The molecule has 0 aromatic rings. The van der Waals surface area contributed by atoms with Crippen LogP contribution in [0.3, 0.4) is 0 Å². The topological polar surface area (TPSA) is 46.9 Å². The van der Waals surface area contributed by atoms with E-state index < -0.39 is 11.2 Å². The Morgan fingerprint density at radius 3 is 1.22 bits per heavy atom. The first kappa shape index (κ1) is 12.9. The normalized spacial score (nSPS) is 54.7. The minimum absolute atomic E-state index is 0.0392. The van der Waals surface area contributed by atoms with Crippen LogP contribution < -0.4 is 0 Å². The van der Waals surface area contributed by atoms with Crippen LogP contribution in [0.15, 0.2) is 0 Å². The van der Waals surface area contributed by atoms with E-state index in [1.54, 1.807) is 0 Å². The molecule has 4 aliphatic rings. The van der Waals surface area contributed by atoms with Gasteiger partial charge < -0.3 is 20.0 Å². The summed E-state index contributed by atoms with van der Waals surface area (Å²) >= 11 is 0. The molecule has 0 saturated heterocycles. The monoisotopic (exact) mass is 254 g/mol. The second-order valence-corrected chi connectivity index (χ2v) is 7.75. The molecular weight excluding hydrogens is 228 g/mol. The quantitative estimate of drug-likeness (QED) is 0.750. The highest BCUT2D eigenvalue weighted by atomic mass is 16.3. The molecule has 0 spiro atoms. The molecule has 4 heteroatoms. The van der Waals surface area contributed by atoms with E-state index in [0.717, 1.165) is 32.1 Å². The SMILES string of the molecule is CN(C)C12CC3(O)CC(O)(C1)CC(N(C)C)(C3)C2. The fourth-order valence-electron chi connectivity index (χ4n) is 5.37. The maximum absolute atomic E-state index is 10.9.